The summed E-state index contributed by atoms with van der Waals surface area (Å²) in [6.45, 7) is 0.131. The van der Waals surface area contributed by atoms with E-state index in [-0.39, 0.29) is 36.4 Å². The molecular formula is C22H19FN2O5. The van der Waals surface area contributed by atoms with E-state index >= 15 is 0 Å². The van der Waals surface area contributed by atoms with E-state index in [0.29, 0.717) is 30.6 Å². The highest BCUT2D eigenvalue weighted by atomic mass is 19.1. The van der Waals surface area contributed by atoms with Crippen LogP contribution < -0.4 is 14.5 Å². The molecule has 2 aromatic carbocycles. The van der Waals surface area contributed by atoms with Crippen molar-refractivity contribution in [3.63, 3.8) is 0 Å². The minimum Gasteiger partial charge on any atom is -0.426 e. The quantitative estimate of drug-likeness (QED) is 0.440. The fourth-order valence-corrected chi connectivity index (χ4v) is 3.66. The first-order chi connectivity index (χ1) is 14.4. The van der Waals surface area contributed by atoms with Gasteiger partial charge in [0, 0.05) is 37.6 Å². The molecule has 2 heterocycles. The van der Waals surface area contributed by atoms with Crippen LogP contribution in [0.2, 0.25) is 0 Å². The van der Waals surface area contributed by atoms with Gasteiger partial charge in [0.1, 0.15) is 11.6 Å². The van der Waals surface area contributed by atoms with E-state index in [4.69, 9.17) is 4.74 Å². The fraction of sp³-hybridized carbons (Fsp3) is 0.273. The van der Waals surface area contributed by atoms with Crippen LogP contribution in [0, 0.1) is 11.7 Å². The van der Waals surface area contributed by atoms with Crippen LogP contribution in [0.3, 0.4) is 0 Å². The topological polar surface area (TPSA) is 84.0 Å². The fourth-order valence-electron chi connectivity index (χ4n) is 3.66. The summed E-state index contributed by atoms with van der Waals surface area (Å²) in [7, 11) is 0. The number of carbonyl (C=O) groups excluding carboxylic acids is 4. The second kappa shape index (κ2) is 8.06. The molecule has 0 aliphatic carbocycles. The molecule has 7 nitrogen and oxygen atoms in total. The Labute approximate surface area is 172 Å². The van der Waals surface area contributed by atoms with Gasteiger partial charge >= 0.3 is 5.97 Å². The molecule has 8 heteroatoms. The Morgan fingerprint density at radius 3 is 2.33 bits per heavy atom. The number of imide groups is 1. The Bertz CT molecular complexity index is 1000. The van der Waals surface area contributed by atoms with Crippen molar-refractivity contribution in [3.05, 3.63) is 54.3 Å². The van der Waals surface area contributed by atoms with E-state index in [0.717, 1.165) is 4.90 Å². The number of benzene rings is 2. The van der Waals surface area contributed by atoms with Gasteiger partial charge < -0.3 is 9.64 Å². The van der Waals surface area contributed by atoms with Crippen LogP contribution >= 0.6 is 0 Å². The standard InChI is InChI=1S/C22H19FN2O5/c23-15-7-9-16(10-8-15)24-13-14(11-21(24)28)22(29)30-18-4-1-3-17(12-18)25-19(26)5-2-6-20(25)27/h1,3-4,7-10,12,14H,2,5-6,11,13H2/t14-/m1/s1. The highest BCUT2D eigenvalue weighted by Crippen LogP contribution is 2.29. The number of anilines is 2. The van der Waals surface area contributed by atoms with Crippen molar-refractivity contribution < 1.29 is 28.3 Å². The molecule has 30 heavy (non-hydrogen) atoms. The number of carbonyl (C=O) groups is 4. The minimum atomic E-state index is -0.676. The molecule has 2 fully saturated rings. The van der Waals surface area contributed by atoms with Gasteiger partial charge in [-0.3, -0.25) is 24.1 Å². The first kappa shape index (κ1) is 19.8. The highest BCUT2D eigenvalue weighted by Gasteiger charge is 2.36. The molecule has 0 unspecified atom stereocenters. The van der Waals surface area contributed by atoms with E-state index < -0.39 is 17.7 Å². The zero-order valence-electron chi connectivity index (χ0n) is 16.0. The summed E-state index contributed by atoms with van der Waals surface area (Å²) in [5.41, 5.74) is 0.867. The molecule has 2 aromatic rings. The van der Waals surface area contributed by atoms with E-state index in [2.05, 4.69) is 0 Å². The molecule has 0 spiro atoms. The third kappa shape index (κ3) is 3.94. The average Bonchev–Trinajstić information content (AvgIpc) is 3.11. The van der Waals surface area contributed by atoms with Crippen LogP contribution in [0.25, 0.3) is 0 Å². The maximum absolute atomic E-state index is 13.1. The molecule has 0 bridgehead atoms. The summed E-state index contributed by atoms with van der Waals surface area (Å²) in [6.07, 6.45) is 1.10. The van der Waals surface area contributed by atoms with E-state index in [1.54, 1.807) is 18.2 Å². The predicted molar refractivity (Wildman–Crippen MR) is 105 cm³/mol. The van der Waals surface area contributed by atoms with Crippen LogP contribution in [0.5, 0.6) is 5.75 Å². The summed E-state index contributed by atoms with van der Waals surface area (Å²) in [6, 6.07) is 11.7. The van der Waals surface area contributed by atoms with Gasteiger partial charge in [0.25, 0.3) is 0 Å². The molecule has 3 amide bonds. The molecule has 1 atom stereocenters. The lowest BCUT2D eigenvalue weighted by atomic mass is 10.1. The molecule has 0 radical (unpaired) electrons. The maximum atomic E-state index is 13.1. The smallest absolute Gasteiger partial charge is 0.316 e. The van der Waals surface area contributed by atoms with Gasteiger partial charge in [-0.05, 0) is 42.8 Å². The van der Waals surface area contributed by atoms with E-state index in [1.807, 2.05) is 0 Å². The zero-order valence-corrected chi connectivity index (χ0v) is 16.0. The van der Waals surface area contributed by atoms with E-state index in [9.17, 15) is 23.6 Å². The number of amides is 3. The second-order valence-corrected chi connectivity index (χ2v) is 7.28. The van der Waals surface area contributed by atoms with Gasteiger partial charge in [-0.15, -0.1) is 0 Å². The number of ether oxygens (including phenoxy) is 1. The first-order valence-corrected chi connectivity index (χ1v) is 9.66. The Kier molecular flexibility index (Phi) is 5.31. The number of halogens is 1. The minimum absolute atomic E-state index is 0.0149. The molecule has 2 aliphatic rings. The SMILES string of the molecule is O=C(Oc1cccc(N2C(=O)CCCC2=O)c1)[C@@H]1CC(=O)N(c2ccc(F)cc2)C1. The Hall–Kier alpha value is -3.55. The van der Waals surface area contributed by atoms with Crippen LogP contribution in [0.1, 0.15) is 25.7 Å². The molecular weight excluding hydrogens is 391 g/mol. The van der Waals surface area contributed by atoms with Crippen LogP contribution in [0.15, 0.2) is 48.5 Å². The number of piperidine rings is 1. The third-order valence-corrected chi connectivity index (χ3v) is 5.17. The molecule has 2 saturated heterocycles. The van der Waals surface area contributed by atoms with Crippen molar-refractivity contribution in [3.8, 4) is 5.75 Å². The van der Waals surface area contributed by atoms with Gasteiger partial charge in [-0.1, -0.05) is 6.07 Å². The van der Waals surface area contributed by atoms with Gasteiger partial charge in [0.2, 0.25) is 17.7 Å². The van der Waals surface area contributed by atoms with Crippen LogP contribution in [0.4, 0.5) is 15.8 Å². The molecule has 0 aromatic heterocycles. The normalized spacial score (nSPS) is 19.4. The zero-order chi connectivity index (χ0) is 21.3. The molecule has 0 N–H and O–H groups in total. The summed E-state index contributed by atoms with van der Waals surface area (Å²) in [5.74, 6) is -2.30. The number of rotatable bonds is 4. The highest BCUT2D eigenvalue weighted by molar-refractivity contribution is 6.16. The lowest BCUT2D eigenvalue weighted by Gasteiger charge is -2.25. The summed E-state index contributed by atoms with van der Waals surface area (Å²) < 4.78 is 18.5. The van der Waals surface area contributed by atoms with Crippen molar-refractivity contribution in [1.29, 1.82) is 0 Å². The number of hydrogen-bond donors (Lipinski definition) is 0. The van der Waals surface area contributed by atoms with E-state index in [1.165, 1.54) is 35.2 Å². The largest absolute Gasteiger partial charge is 0.426 e. The Morgan fingerprint density at radius 1 is 0.933 bits per heavy atom. The second-order valence-electron chi connectivity index (χ2n) is 7.28. The van der Waals surface area contributed by atoms with Gasteiger partial charge in [-0.25, -0.2) is 4.39 Å². The number of hydrogen-bond acceptors (Lipinski definition) is 5. The van der Waals surface area contributed by atoms with Gasteiger partial charge in [-0.2, -0.15) is 0 Å². The molecule has 4 rings (SSSR count). The maximum Gasteiger partial charge on any atom is 0.316 e. The Morgan fingerprint density at radius 2 is 1.63 bits per heavy atom. The van der Waals surface area contributed by atoms with Gasteiger partial charge in [0.05, 0.1) is 11.6 Å². The third-order valence-electron chi connectivity index (χ3n) is 5.17. The monoisotopic (exact) mass is 410 g/mol. The summed E-state index contributed by atoms with van der Waals surface area (Å²) in [5, 5.41) is 0. The predicted octanol–water partition coefficient (Wildman–Crippen LogP) is 2.83. The first-order valence-electron chi connectivity index (χ1n) is 9.66. The van der Waals surface area contributed by atoms with Crippen LogP contribution in [-0.4, -0.2) is 30.2 Å². The van der Waals surface area contributed by atoms with Crippen molar-refractivity contribution in [2.75, 3.05) is 16.3 Å². The molecule has 0 saturated carbocycles. The van der Waals surface area contributed by atoms with Crippen LogP contribution in [-0.2, 0) is 19.2 Å². The van der Waals surface area contributed by atoms with Crippen molar-refractivity contribution in [1.82, 2.24) is 0 Å². The average molecular weight is 410 g/mol. The Balaban J connectivity index is 1.45. The summed E-state index contributed by atoms with van der Waals surface area (Å²) in [4.78, 5) is 51.6. The molecule has 2 aliphatic heterocycles. The number of nitrogens with zero attached hydrogens (tertiary/aromatic N) is 2. The van der Waals surface area contributed by atoms with Crippen molar-refractivity contribution in [2.24, 2.45) is 5.92 Å². The number of esters is 1. The van der Waals surface area contributed by atoms with Gasteiger partial charge in [0.15, 0.2) is 0 Å². The van der Waals surface area contributed by atoms with Crippen molar-refractivity contribution in [2.45, 2.75) is 25.7 Å². The lowest BCUT2D eigenvalue weighted by Crippen LogP contribution is -2.40. The lowest BCUT2D eigenvalue weighted by molar-refractivity contribution is -0.139. The summed E-state index contributed by atoms with van der Waals surface area (Å²) >= 11 is 0. The van der Waals surface area contributed by atoms with Crippen molar-refractivity contribution >= 4 is 35.1 Å². The molecule has 154 valence electrons.